The summed E-state index contributed by atoms with van der Waals surface area (Å²) in [4.78, 5) is 33.6. The standard InChI is InChI=1S/C21H23N3O3/c1-3-24(20(25)12-13-27-16-10-8-15(2)9-11-16)14-19-22-18-7-5-4-6-17(18)21(26)23-19/h4-11H,3,12-14H2,1-2H3,(H,22,23,26). The van der Waals surface area contributed by atoms with Crippen molar-refractivity contribution >= 4 is 16.8 Å². The van der Waals surface area contributed by atoms with Crippen molar-refractivity contribution in [3.63, 3.8) is 0 Å². The van der Waals surface area contributed by atoms with Crippen molar-refractivity contribution in [2.24, 2.45) is 0 Å². The van der Waals surface area contributed by atoms with E-state index in [2.05, 4.69) is 9.97 Å². The number of benzene rings is 2. The van der Waals surface area contributed by atoms with Crippen molar-refractivity contribution in [2.45, 2.75) is 26.8 Å². The van der Waals surface area contributed by atoms with Gasteiger partial charge in [0.2, 0.25) is 5.91 Å². The number of aromatic amines is 1. The van der Waals surface area contributed by atoms with Crippen molar-refractivity contribution < 1.29 is 9.53 Å². The molecule has 3 rings (SSSR count). The molecular formula is C21H23N3O3. The highest BCUT2D eigenvalue weighted by atomic mass is 16.5. The lowest BCUT2D eigenvalue weighted by molar-refractivity contribution is -0.132. The second-order valence-corrected chi connectivity index (χ2v) is 6.35. The number of ether oxygens (including phenoxy) is 1. The topological polar surface area (TPSA) is 75.3 Å². The number of hydrogen-bond donors (Lipinski definition) is 1. The molecule has 0 unspecified atom stereocenters. The van der Waals surface area contributed by atoms with Crippen molar-refractivity contribution in [3.8, 4) is 5.75 Å². The fourth-order valence-electron chi connectivity index (χ4n) is 2.82. The minimum Gasteiger partial charge on any atom is -0.493 e. The number of hydrogen-bond acceptors (Lipinski definition) is 4. The van der Waals surface area contributed by atoms with Gasteiger partial charge in [-0.3, -0.25) is 9.59 Å². The maximum atomic E-state index is 12.5. The van der Waals surface area contributed by atoms with Crippen LogP contribution in [0, 0.1) is 6.92 Å². The first kappa shape index (κ1) is 18.6. The number of aryl methyl sites for hydroxylation is 1. The molecule has 3 aromatic rings. The Balaban J connectivity index is 1.61. The van der Waals surface area contributed by atoms with Gasteiger partial charge in [0.05, 0.1) is 30.5 Å². The lowest BCUT2D eigenvalue weighted by atomic mass is 10.2. The molecule has 1 heterocycles. The summed E-state index contributed by atoms with van der Waals surface area (Å²) >= 11 is 0. The van der Waals surface area contributed by atoms with E-state index in [4.69, 9.17) is 4.74 Å². The van der Waals surface area contributed by atoms with Gasteiger partial charge in [-0.25, -0.2) is 4.98 Å². The monoisotopic (exact) mass is 365 g/mol. The molecule has 0 saturated heterocycles. The van der Waals surface area contributed by atoms with Crippen LogP contribution in [0.15, 0.2) is 53.3 Å². The summed E-state index contributed by atoms with van der Waals surface area (Å²) in [5.74, 6) is 1.19. The molecule has 1 aromatic heterocycles. The van der Waals surface area contributed by atoms with Crippen LogP contribution in [0.2, 0.25) is 0 Å². The molecule has 0 radical (unpaired) electrons. The lowest BCUT2D eigenvalue weighted by Crippen LogP contribution is -2.32. The molecule has 0 bridgehead atoms. The van der Waals surface area contributed by atoms with Gasteiger partial charge < -0.3 is 14.6 Å². The van der Waals surface area contributed by atoms with Crippen LogP contribution in [-0.4, -0.2) is 33.9 Å². The Morgan fingerprint density at radius 2 is 1.89 bits per heavy atom. The molecule has 0 fully saturated rings. The Kier molecular flexibility index (Phi) is 5.86. The number of rotatable bonds is 7. The van der Waals surface area contributed by atoms with Crippen molar-refractivity contribution in [3.05, 3.63) is 70.3 Å². The minimum atomic E-state index is -0.193. The molecule has 0 aliphatic heterocycles. The van der Waals surface area contributed by atoms with Crippen LogP contribution in [0.3, 0.4) is 0 Å². The predicted molar refractivity (Wildman–Crippen MR) is 105 cm³/mol. The van der Waals surface area contributed by atoms with Crippen LogP contribution >= 0.6 is 0 Å². The molecule has 0 atom stereocenters. The third kappa shape index (κ3) is 4.73. The van der Waals surface area contributed by atoms with E-state index in [1.165, 1.54) is 0 Å². The van der Waals surface area contributed by atoms with Crippen LogP contribution in [0.25, 0.3) is 10.9 Å². The van der Waals surface area contributed by atoms with Gasteiger partial charge in [-0.05, 0) is 38.1 Å². The second kappa shape index (κ2) is 8.49. The van der Waals surface area contributed by atoms with Gasteiger partial charge in [0.15, 0.2) is 0 Å². The zero-order valence-electron chi connectivity index (χ0n) is 15.6. The van der Waals surface area contributed by atoms with E-state index in [-0.39, 0.29) is 24.4 Å². The van der Waals surface area contributed by atoms with Crippen LogP contribution in [0.5, 0.6) is 5.75 Å². The smallest absolute Gasteiger partial charge is 0.258 e. The molecule has 0 saturated carbocycles. The Hall–Kier alpha value is -3.15. The van der Waals surface area contributed by atoms with Gasteiger partial charge in [-0.2, -0.15) is 0 Å². The van der Waals surface area contributed by atoms with Gasteiger partial charge in [0.25, 0.3) is 5.56 Å². The molecule has 140 valence electrons. The summed E-state index contributed by atoms with van der Waals surface area (Å²) in [6.07, 6.45) is 0.263. The number of carbonyl (C=O) groups excluding carboxylic acids is 1. The highest BCUT2D eigenvalue weighted by Crippen LogP contribution is 2.12. The molecule has 27 heavy (non-hydrogen) atoms. The largest absolute Gasteiger partial charge is 0.493 e. The number of H-pyrrole nitrogens is 1. The van der Waals surface area contributed by atoms with E-state index < -0.39 is 0 Å². The van der Waals surface area contributed by atoms with E-state index in [1.54, 1.807) is 23.1 Å². The van der Waals surface area contributed by atoms with E-state index in [1.807, 2.05) is 44.2 Å². The quantitative estimate of drug-likeness (QED) is 0.698. The Bertz CT molecular complexity index is 980. The summed E-state index contributed by atoms with van der Waals surface area (Å²) in [5, 5.41) is 0.544. The van der Waals surface area contributed by atoms with E-state index in [0.29, 0.717) is 29.9 Å². The predicted octanol–water partition coefficient (Wildman–Crippen LogP) is 3.05. The maximum Gasteiger partial charge on any atom is 0.258 e. The summed E-state index contributed by atoms with van der Waals surface area (Å²) < 4.78 is 5.63. The third-order valence-corrected chi connectivity index (χ3v) is 4.34. The number of nitrogens with zero attached hydrogens (tertiary/aromatic N) is 2. The molecule has 1 N–H and O–H groups in total. The zero-order valence-corrected chi connectivity index (χ0v) is 15.6. The fourth-order valence-corrected chi connectivity index (χ4v) is 2.82. The highest BCUT2D eigenvalue weighted by Gasteiger charge is 2.14. The average molecular weight is 365 g/mol. The van der Waals surface area contributed by atoms with E-state index in [0.717, 1.165) is 11.3 Å². The molecule has 6 heteroatoms. The number of aromatic nitrogens is 2. The first-order chi connectivity index (χ1) is 13.1. The van der Waals surface area contributed by atoms with E-state index >= 15 is 0 Å². The second-order valence-electron chi connectivity index (χ2n) is 6.35. The molecule has 6 nitrogen and oxygen atoms in total. The van der Waals surface area contributed by atoms with Gasteiger partial charge in [0.1, 0.15) is 11.6 Å². The lowest BCUT2D eigenvalue weighted by Gasteiger charge is -2.20. The van der Waals surface area contributed by atoms with Crippen LogP contribution in [0.4, 0.5) is 0 Å². The first-order valence-electron chi connectivity index (χ1n) is 9.02. The number of carbonyl (C=O) groups is 1. The van der Waals surface area contributed by atoms with Crippen LogP contribution in [0.1, 0.15) is 24.7 Å². The maximum absolute atomic E-state index is 12.5. The summed E-state index contributed by atoms with van der Waals surface area (Å²) in [7, 11) is 0. The van der Waals surface area contributed by atoms with Gasteiger partial charge >= 0.3 is 0 Å². The van der Waals surface area contributed by atoms with Crippen LogP contribution < -0.4 is 10.3 Å². The SMILES string of the molecule is CCN(Cc1nc2ccccc2c(=O)[nH]1)C(=O)CCOc1ccc(C)cc1. The number of nitrogens with one attached hydrogen (secondary N) is 1. The van der Waals surface area contributed by atoms with Crippen molar-refractivity contribution in [1.82, 2.24) is 14.9 Å². The van der Waals surface area contributed by atoms with Gasteiger partial charge in [-0.15, -0.1) is 0 Å². The normalized spacial score (nSPS) is 10.7. The number of para-hydroxylation sites is 1. The molecular weight excluding hydrogens is 342 g/mol. The Labute approximate surface area is 157 Å². The van der Waals surface area contributed by atoms with E-state index in [9.17, 15) is 9.59 Å². The third-order valence-electron chi connectivity index (χ3n) is 4.34. The summed E-state index contributed by atoms with van der Waals surface area (Å²) in [6.45, 7) is 5.01. The first-order valence-corrected chi connectivity index (χ1v) is 9.02. The Morgan fingerprint density at radius 1 is 1.15 bits per heavy atom. The average Bonchev–Trinajstić information content (AvgIpc) is 2.67. The molecule has 0 spiro atoms. The van der Waals surface area contributed by atoms with Crippen LogP contribution in [-0.2, 0) is 11.3 Å². The van der Waals surface area contributed by atoms with Gasteiger partial charge in [-0.1, -0.05) is 29.8 Å². The summed E-state index contributed by atoms with van der Waals surface area (Å²) in [5.41, 5.74) is 1.59. The Morgan fingerprint density at radius 3 is 2.63 bits per heavy atom. The zero-order chi connectivity index (χ0) is 19.2. The minimum absolute atomic E-state index is 0.0413. The summed E-state index contributed by atoms with van der Waals surface area (Å²) in [6, 6.07) is 14.9. The van der Waals surface area contributed by atoms with Gasteiger partial charge in [0, 0.05) is 6.54 Å². The van der Waals surface area contributed by atoms with Crippen molar-refractivity contribution in [2.75, 3.05) is 13.2 Å². The molecule has 1 amide bonds. The molecule has 0 aliphatic rings. The van der Waals surface area contributed by atoms with Crippen molar-refractivity contribution in [1.29, 1.82) is 0 Å². The highest BCUT2D eigenvalue weighted by molar-refractivity contribution is 5.78. The fraction of sp³-hybridized carbons (Fsp3) is 0.286. The molecule has 2 aromatic carbocycles. The number of fused-ring (bicyclic) bond motifs is 1. The number of amides is 1. The molecule has 0 aliphatic carbocycles.